The lowest BCUT2D eigenvalue weighted by atomic mass is 9.84. The maximum absolute atomic E-state index is 12.6. The standard InChI is InChI=1S/C22H25N5O4/c1-15-22(21(23)29,13-17-5-2-3-6-18(17)14-25-27-24)26-20(31-15)16-7-9-19(10-8-16)30-12-4-11-28/h2-3,5-10,15,28H,4,11-14H2,1H3,(H2,23,29)/t15-,22-/m1/s1. The fourth-order valence-corrected chi connectivity index (χ4v) is 3.45. The molecule has 0 fully saturated rings. The van der Waals surface area contributed by atoms with Gasteiger partial charge in [0.1, 0.15) is 11.9 Å². The number of ether oxygens (including phenoxy) is 2. The van der Waals surface area contributed by atoms with Crippen LogP contribution in [0.5, 0.6) is 5.75 Å². The molecule has 2 atom stereocenters. The molecule has 2 aromatic rings. The maximum Gasteiger partial charge on any atom is 0.249 e. The highest BCUT2D eigenvalue weighted by molar-refractivity contribution is 6.00. The lowest BCUT2D eigenvalue weighted by Crippen LogP contribution is -2.50. The van der Waals surface area contributed by atoms with E-state index < -0.39 is 17.6 Å². The fraction of sp³-hybridized carbons (Fsp3) is 0.364. The Kier molecular flexibility index (Phi) is 7.12. The summed E-state index contributed by atoms with van der Waals surface area (Å²) in [5.74, 6) is 0.412. The van der Waals surface area contributed by atoms with E-state index in [9.17, 15) is 4.79 Å². The molecule has 0 spiro atoms. The van der Waals surface area contributed by atoms with E-state index in [0.717, 1.165) is 11.1 Å². The van der Waals surface area contributed by atoms with Crippen LogP contribution >= 0.6 is 0 Å². The third kappa shape index (κ3) is 4.96. The van der Waals surface area contributed by atoms with Crippen LogP contribution in [0.15, 0.2) is 58.6 Å². The van der Waals surface area contributed by atoms with Gasteiger partial charge in [0.15, 0.2) is 5.54 Å². The van der Waals surface area contributed by atoms with Crippen molar-refractivity contribution >= 4 is 11.8 Å². The highest BCUT2D eigenvalue weighted by atomic mass is 16.5. The molecule has 9 heteroatoms. The van der Waals surface area contributed by atoms with Gasteiger partial charge in [-0.2, -0.15) is 0 Å². The van der Waals surface area contributed by atoms with Crippen LogP contribution in [-0.2, 0) is 22.5 Å². The molecule has 1 amide bonds. The third-order valence-electron chi connectivity index (χ3n) is 5.24. The molecule has 1 aliphatic heterocycles. The van der Waals surface area contributed by atoms with Gasteiger partial charge in [0, 0.05) is 29.9 Å². The van der Waals surface area contributed by atoms with Gasteiger partial charge < -0.3 is 20.3 Å². The van der Waals surface area contributed by atoms with Crippen molar-refractivity contribution in [1.29, 1.82) is 0 Å². The van der Waals surface area contributed by atoms with E-state index in [0.29, 0.717) is 30.2 Å². The van der Waals surface area contributed by atoms with Gasteiger partial charge in [-0.15, -0.1) is 0 Å². The quantitative estimate of drug-likeness (QED) is 0.262. The van der Waals surface area contributed by atoms with Crippen molar-refractivity contribution in [3.05, 3.63) is 75.7 Å². The second-order valence-corrected chi connectivity index (χ2v) is 7.25. The first kappa shape index (κ1) is 22.1. The smallest absolute Gasteiger partial charge is 0.249 e. The summed E-state index contributed by atoms with van der Waals surface area (Å²) in [6.07, 6.45) is 0.206. The predicted molar refractivity (Wildman–Crippen MR) is 116 cm³/mol. The second-order valence-electron chi connectivity index (χ2n) is 7.25. The minimum atomic E-state index is -1.28. The van der Waals surface area contributed by atoms with Crippen molar-refractivity contribution in [2.24, 2.45) is 15.8 Å². The van der Waals surface area contributed by atoms with Gasteiger partial charge in [0.25, 0.3) is 0 Å². The molecule has 3 N–H and O–H groups in total. The Morgan fingerprint density at radius 2 is 2.00 bits per heavy atom. The van der Waals surface area contributed by atoms with Crippen LogP contribution in [0.25, 0.3) is 10.4 Å². The zero-order valence-electron chi connectivity index (χ0n) is 17.3. The molecule has 0 aromatic heterocycles. The molecule has 0 saturated carbocycles. The summed E-state index contributed by atoms with van der Waals surface area (Å²) >= 11 is 0. The number of carbonyl (C=O) groups is 1. The Balaban J connectivity index is 1.88. The summed E-state index contributed by atoms with van der Waals surface area (Å²) in [5, 5.41) is 12.5. The van der Waals surface area contributed by atoms with Crippen LogP contribution in [-0.4, -0.2) is 41.8 Å². The van der Waals surface area contributed by atoms with E-state index in [-0.39, 0.29) is 19.6 Å². The lowest BCUT2D eigenvalue weighted by molar-refractivity contribution is -0.125. The molecule has 9 nitrogen and oxygen atoms in total. The number of aliphatic hydroxyl groups is 1. The zero-order valence-corrected chi connectivity index (χ0v) is 17.3. The number of rotatable bonds is 10. The van der Waals surface area contributed by atoms with Crippen LogP contribution in [0.3, 0.4) is 0 Å². The number of benzene rings is 2. The summed E-state index contributed by atoms with van der Waals surface area (Å²) < 4.78 is 11.5. The number of nitrogens with zero attached hydrogens (tertiary/aromatic N) is 4. The van der Waals surface area contributed by atoms with E-state index in [2.05, 4.69) is 15.0 Å². The van der Waals surface area contributed by atoms with Crippen LogP contribution in [0, 0.1) is 0 Å². The van der Waals surface area contributed by atoms with Crippen LogP contribution in [0.4, 0.5) is 0 Å². The van der Waals surface area contributed by atoms with E-state index in [4.69, 9.17) is 25.8 Å². The molecule has 1 heterocycles. The van der Waals surface area contributed by atoms with Crippen LogP contribution in [0.1, 0.15) is 30.0 Å². The molecule has 162 valence electrons. The maximum atomic E-state index is 12.6. The van der Waals surface area contributed by atoms with E-state index in [1.807, 2.05) is 24.3 Å². The van der Waals surface area contributed by atoms with Gasteiger partial charge in [0.2, 0.25) is 11.8 Å². The van der Waals surface area contributed by atoms with Gasteiger partial charge in [-0.1, -0.05) is 29.4 Å². The van der Waals surface area contributed by atoms with Gasteiger partial charge in [-0.3, -0.25) is 4.79 Å². The van der Waals surface area contributed by atoms with Gasteiger partial charge in [-0.25, -0.2) is 4.99 Å². The highest BCUT2D eigenvalue weighted by Gasteiger charge is 2.49. The number of hydrogen-bond donors (Lipinski definition) is 2. The van der Waals surface area contributed by atoms with Gasteiger partial charge in [-0.05, 0) is 47.8 Å². The van der Waals surface area contributed by atoms with E-state index in [1.165, 1.54) is 0 Å². The number of azide groups is 1. The number of carbonyl (C=O) groups excluding carboxylic acids is 1. The molecule has 2 aromatic carbocycles. The minimum Gasteiger partial charge on any atom is -0.494 e. The molecule has 0 aliphatic carbocycles. The average Bonchev–Trinajstić information content (AvgIpc) is 3.11. The number of aliphatic hydroxyl groups excluding tert-OH is 1. The van der Waals surface area contributed by atoms with Crippen molar-refractivity contribution in [1.82, 2.24) is 0 Å². The Labute approximate surface area is 180 Å². The third-order valence-corrected chi connectivity index (χ3v) is 5.24. The molecular formula is C22H25N5O4. The van der Waals surface area contributed by atoms with Crippen molar-refractivity contribution in [2.75, 3.05) is 13.2 Å². The van der Waals surface area contributed by atoms with E-state index >= 15 is 0 Å². The number of aliphatic imine (C=N–C) groups is 1. The molecule has 31 heavy (non-hydrogen) atoms. The van der Waals surface area contributed by atoms with Crippen molar-refractivity contribution in [3.63, 3.8) is 0 Å². The summed E-state index contributed by atoms with van der Waals surface area (Å²) in [6.45, 7) is 2.43. The molecule has 3 rings (SSSR count). The number of hydrogen-bond acceptors (Lipinski definition) is 6. The first-order valence-corrected chi connectivity index (χ1v) is 9.98. The monoisotopic (exact) mass is 423 g/mol. The van der Waals surface area contributed by atoms with Crippen LogP contribution in [0.2, 0.25) is 0 Å². The summed E-state index contributed by atoms with van der Waals surface area (Å²) in [5.41, 5.74) is 15.5. The van der Waals surface area contributed by atoms with E-state index in [1.54, 1.807) is 31.2 Å². The highest BCUT2D eigenvalue weighted by Crippen LogP contribution is 2.33. The summed E-state index contributed by atoms with van der Waals surface area (Å²) in [7, 11) is 0. The Bertz CT molecular complexity index is 1000. The fourth-order valence-electron chi connectivity index (χ4n) is 3.45. The van der Waals surface area contributed by atoms with Crippen molar-refractivity contribution in [3.8, 4) is 5.75 Å². The van der Waals surface area contributed by atoms with Crippen molar-refractivity contribution in [2.45, 2.75) is 38.0 Å². The second kappa shape index (κ2) is 9.97. The number of nitrogens with two attached hydrogens (primary N) is 1. The molecule has 0 radical (unpaired) electrons. The summed E-state index contributed by atoms with van der Waals surface area (Å²) in [6, 6.07) is 14.6. The minimum absolute atomic E-state index is 0.0712. The number of primary amides is 1. The molecule has 0 unspecified atom stereocenters. The normalized spacial score (nSPS) is 19.8. The molecule has 0 saturated heterocycles. The predicted octanol–water partition coefficient (Wildman–Crippen LogP) is 2.89. The first-order valence-electron chi connectivity index (χ1n) is 9.98. The SMILES string of the molecule is C[C@H]1OC(c2ccc(OCCCO)cc2)=N[C@@]1(Cc1ccccc1CN=[N+]=[N-])C(N)=O. The molecular weight excluding hydrogens is 398 g/mol. The van der Waals surface area contributed by atoms with Gasteiger partial charge in [0.05, 0.1) is 13.2 Å². The first-order chi connectivity index (χ1) is 15.0. The Hall–Kier alpha value is -3.55. The lowest BCUT2D eigenvalue weighted by Gasteiger charge is -2.26. The zero-order chi connectivity index (χ0) is 22.3. The largest absolute Gasteiger partial charge is 0.494 e. The Morgan fingerprint density at radius 3 is 2.65 bits per heavy atom. The van der Waals surface area contributed by atoms with Crippen LogP contribution < -0.4 is 10.5 Å². The topological polar surface area (TPSA) is 143 Å². The van der Waals surface area contributed by atoms with Gasteiger partial charge >= 0.3 is 0 Å². The summed E-state index contributed by atoms with van der Waals surface area (Å²) in [4.78, 5) is 20.0. The molecule has 1 aliphatic rings. The Morgan fingerprint density at radius 1 is 1.29 bits per heavy atom. The number of amides is 1. The molecule has 0 bridgehead atoms. The average molecular weight is 423 g/mol. The van der Waals surface area contributed by atoms with Crippen molar-refractivity contribution < 1.29 is 19.4 Å².